The second kappa shape index (κ2) is 3.16. The van der Waals surface area contributed by atoms with Crippen LogP contribution in [0.4, 0.5) is 5.00 Å². The fraction of sp³-hybridized carbons (Fsp3) is 0. The first-order valence-electron chi connectivity index (χ1n) is 3.96. The van der Waals surface area contributed by atoms with Crippen LogP contribution in [0.1, 0.15) is 0 Å². The lowest BCUT2D eigenvalue weighted by Gasteiger charge is -2.02. The molecule has 0 saturated heterocycles. The molecule has 0 atom stereocenters. The van der Waals surface area contributed by atoms with Gasteiger partial charge in [-0.15, -0.1) is 11.3 Å². The maximum atomic E-state index is 9.67. The number of hydrogen-bond donors (Lipinski definition) is 4. The van der Waals surface area contributed by atoms with Crippen LogP contribution >= 0.6 is 11.3 Å². The van der Waals surface area contributed by atoms with E-state index in [0.29, 0.717) is 9.70 Å². The van der Waals surface area contributed by atoms with E-state index in [4.69, 9.17) is 15.8 Å². The molecule has 0 unspecified atom stereocenters. The minimum absolute atomic E-state index is 0.0966. The van der Waals surface area contributed by atoms with Crippen molar-refractivity contribution in [3.05, 3.63) is 18.2 Å². The number of thiophene rings is 1. The Morgan fingerprint density at radius 3 is 2.64 bits per heavy atom. The zero-order chi connectivity index (χ0) is 10.3. The van der Waals surface area contributed by atoms with E-state index < -0.39 is 7.12 Å². The fourth-order valence-electron chi connectivity index (χ4n) is 1.33. The molecular formula is C8H8BNO3S. The number of aromatic hydroxyl groups is 1. The highest BCUT2D eigenvalue weighted by molar-refractivity contribution is 7.23. The van der Waals surface area contributed by atoms with Crippen LogP contribution in [0.15, 0.2) is 18.2 Å². The van der Waals surface area contributed by atoms with Crippen LogP contribution < -0.4 is 11.2 Å². The molecule has 0 amide bonds. The van der Waals surface area contributed by atoms with Crippen molar-refractivity contribution in [1.29, 1.82) is 0 Å². The van der Waals surface area contributed by atoms with Gasteiger partial charge in [-0.1, -0.05) is 12.1 Å². The van der Waals surface area contributed by atoms with Crippen LogP contribution in [-0.4, -0.2) is 22.3 Å². The molecule has 0 aliphatic heterocycles. The topological polar surface area (TPSA) is 86.7 Å². The fourth-order valence-corrected chi connectivity index (χ4v) is 2.21. The molecule has 1 heterocycles. The van der Waals surface area contributed by atoms with Crippen molar-refractivity contribution in [1.82, 2.24) is 0 Å². The van der Waals surface area contributed by atoms with Gasteiger partial charge in [0, 0.05) is 5.46 Å². The molecular weight excluding hydrogens is 201 g/mol. The standard InChI is InChI=1S/C8H8BNO3S/c10-6-3-4-1-2-5(9(12)13)7(11)8(4)14-6/h1-3,11-13H,10H2. The largest absolute Gasteiger partial charge is 0.507 e. The monoisotopic (exact) mass is 209 g/mol. The van der Waals surface area contributed by atoms with E-state index in [1.165, 1.54) is 17.4 Å². The van der Waals surface area contributed by atoms with Gasteiger partial charge >= 0.3 is 7.12 Å². The van der Waals surface area contributed by atoms with Crippen molar-refractivity contribution in [2.75, 3.05) is 5.73 Å². The number of fused-ring (bicyclic) bond motifs is 1. The molecule has 1 aromatic carbocycles. The molecule has 2 rings (SSSR count). The lowest BCUT2D eigenvalue weighted by Crippen LogP contribution is -2.29. The molecule has 0 aliphatic rings. The minimum atomic E-state index is -1.66. The van der Waals surface area contributed by atoms with Gasteiger partial charge in [0.1, 0.15) is 5.75 Å². The Kier molecular flexibility index (Phi) is 2.11. The van der Waals surface area contributed by atoms with E-state index in [9.17, 15) is 5.11 Å². The van der Waals surface area contributed by atoms with Crippen LogP contribution in [0.25, 0.3) is 10.1 Å². The highest BCUT2D eigenvalue weighted by atomic mass is 32.1. The lowest BCUT2D eigenvalue weighted by atomic mass is 9.79. The maximum Gasteiger partial charge on any atom is 0.492 e. The Morgan fingerprint density at radius 1 is 1.29 bits per heavy atom. The van der Waals surface area contributed by atoms with E-state index in [1.807, 2.05) is 0 Å². The summed E-state index contributed by atoms with van der Waals surface area (Å²) in [6, 6.07) is 4.89. The molecule has 5 N–H and O–H groups in total. The summed E-state index contributed by atoms with van der Waals surface area (Å²) in [5.41, 5.74) is 5.66. The Labute approximate surface area is 84.4 Å². The zero-order valence-electron chi connectivity index (χ0n) is 7.14. The van der Waals surface area contributed by atoms with Crippen LogP contribution in [0.3, 0.4) is 0 Å². The molecule has 0 fully saturated rings. The SMILES string of the molecule is Nc1cc2ccc(B(O)O)c(O)c2s1. The third-order valence-electron chi connectivity index (χ3n) is 1.99. The van der Waals surface area contributed by atoms with E-state index in [1.54, 1.807) is 12.1 Å². The number of anilines is 1. The normalized spacial score (nSPS) is 10.7. The average molecular weight is 209 g/mol. The van der Waals surface area contributed by atoms with Gasteiger partial charge < -0.3 is 20.9 Å². The number of phenolic OH excluding ortho intramolecular Hbond substituents is 1. The second-order valence-corrected chi connectivity index (χ2v) is 4.03. The number of hydrogen-bond acceptors (Lipinski definition) is 5. The first-order chi connectivity index (χ1) is 6.59. The predicted octanol–water partition coefficient (Wildman–Crippen LogP) is -0.131. The summed E-state index contributed by atoms with van der Waals surface area (Å²) in [6.45, 7) is 0. The van der Waals surface area contributed by atoms with Gasteiger partial charge in [0.05, 0.1) is 9.70 Å². The molecule has 0 spiro atoms. The Hall–Kier alpha value is -1.24. The number of nitrogen functional groups attached to an aromatic ring is 1. The van der Waals surface area contributed by atoms with Gasteiger partial charge in [0.15, 0.2) is 0 Å². The third kappa shape index (κ3) is 1.33. The van der Waals surface area contributed by atoms with Crippen molar-refractivity contribution in [3.8, 4) is 5.75 Å². The van der Waals surface area contributed by atoms with E-state index in [0.717, 1.165) is 5.39 Å². The first-order valence-corrected chi connectivity index (χ1v) is 4.78. The van der Waals surface area contributed by atoms with Crippen molar-refractivity contribution in [3.63, 3.8) is 0 Å². The van der Waals surface area contributed by atoms with E-state index in [-0.39, 0.29) is 11.2 Å². The summed E-state index contributed by atoms with van der Waals surface area (Å²) >= 11 is 1.22. The number of rotatable bonds is 1. The van der Waals surface area contributed by atoms with E-state index in [2.05, 4.69) is 0 Å². The molecule has 2 aromatic rings. The van der Waals surface area contributed by atoms with Gasteiger partial charge in [-0.2, -0.15) is 0 Å². The molecule has 4 nitrogen and oxygen atoms in total. The Bertz CT molecular complexity index is 483. The molecule has 0 aliphatic carbocycles. The van der Waals surface area contributed by atoms with Crippen molar-refractivity contribution >= 4 is 39.0 Å². The summed E-state index contributed by atoms with van der Waals surface area (Å²) in [5, 5.41) is 28.9. The summed E-state index contributed by atoms with van der Waals surface area (Å²) in [4.78, 5) is 0. The minimum Gasteiger partial charge on any atom is -0.507 e. The van der Waals surface area contributed by atoms with Crippen molar-refractivity contribution in [2.24, 2.45) is 0 Å². The Balaban J connectivity index is 2.74. The molecule has 72 valence electrons. The maximum absolute atomic E-state index is 9.67. The van der Waals surface area contributed by atoms with Crippen molar-refractivity contribution in [2.45, 2.75) is 0 Å². The second-order valence-electron chi connectivity index (χ2n) is 2.94. The van der Waals surface area contributed by atoms with Gasteiger partial charge in [-0.25, -0.2) is 0 Å². The third-order valence-corrected chi connectivity index (χ3v) is 2.98. The average Bonchev–Trinajstić information content (AvgIpc) is 2.46. The van der Waals surface area contributed by atoms with Gasteiger partial charge in [0.2, 0.25) is 0 Å². The molecule has 1 aromatic heterocycles. The summed E-state index contributed by atoms with van der Waals surface area (Å²) in [6.07, 6.45) is 0. The van der Waals surface area contributed by atoms with Crippen LogP contribution in [-0.2, 0) is 0 Å². The number of benzene rings is 1. The first kappa shape index (κ1) is 9.33. The van der Waals surface area contributed by atoms with Gasteiger partial charge in [-0.05, 0) is 11.5 Å². The highest BCUT2D eigenvalue weighted by Crippen LogP contribution is 2.32. The molecule has 0 bridgehead atoms. The summed E-state index contributed by atoms with van der Waals surface area (Å²) in [5.74, 6) is -0.112. The van der Waals surface area contributed by atoms with Gasteiger partial charge in [-0.3, -0.25) is 0 Å². The summed E-state index contributed by atoms with van der Waals surface area (Å²) in [7, 11) is -1.66. The molecule has 0 radical (unpaired) electrons. The number of nitrogens with two attached hydrogens (primary N) is 1. The number of phenols is 1. The highest BCUT2D eigenvalue weighted by Gasteiger charge is 2.18. The quantitative estimate of drug-likeness (QED) is 0.492. The summed E-state index contributed by atoms with van der Waals surface area (Å²) < 4.78 is 0.577. The predicted molar refractivity (Wildman–Crippen MR) is 57.7 cm³/mol. The van der Waals surface area contributed by atoms with Crippen LogP contribution in [0.2, 0.25) is 0 Å². The lowest BCUT2D eigenvalue weighted by molar-refractivity contribution is 0.420. The smallest absolute Gasteiger partial charge is 0.492 e. The Morgan fingerprint density at radius 2 is 2.00 bits per heavy atom. The van der Waals surface area contributed by atoms with Crippen LogP contribution in [0, 0.1) is 0 Å². The van der Waals surface area contributed by atoms with Gasteiger partial charge in [0.25, 0.3) is 0 Å². The molecule has 6 heteroatoms. The van der Waals surface area contributed by atoms with E-state index >= 15 is 0 Å². The van der Waals surface area contributed by atoms with Crippen molar-refractivity contribution < 1.29 is 15.2 Å². The molecule has 14 heavy (non-hydrogen) atoms. The molecule has 0 saturated carbocycles. The zero-order valence-corrected chi connectivity index (χ0v) is 7.95. The van der Waals surface area contributed by atoms with Crippen LogP contribution in [0.5, 0.6) is 5.75 Å².